The predicted octanol–water partition coefficient (Wildman–Crippen LogP) is 4.41. The number of para-hydroxylation sites is 4. The van der Waals surface area contributed by atoms with E-state index in [2.05, 4.69) is 5.32 Å². The van der Waals surface area contributed by atoms with Gasteiger partial charge in [0.2, 0.25) is 0 Å². The summed E-state index contributed by atoms with van der Waals surface area (Å²) in [5.74, 6) is 1.63. The van der Waals surface area contributed by atoms with Gasteiger partial charge in [-0.2, -0.15) is 0 Å². The molecule has 0 fully saturated rings. The predicted molar refractivity (Wildman–Crippen MR) is 105 cm³/mol. The molecule has 0 unspecified atom stereocenters. The van der Waals surface area contributed by atoms with Gasteiger partial charge in [0, 0.05) is 0 Å². The summed E-state index contributed by atoms with van der Waals surface area (Å²) in [4.78, 5) is 12.6. The summed E-state index contributed by atoms with van der Waals surface area (Å²) in [6.45, 7) is 0.759. The van der Waals surface area contributed by atoms with Gasteiger partial charge in [-0.25, -0.2) is 0 Å². The van der Waals surface area contributed by atoms with Gasteiger partial charge in [0.05, 0.1) is 18.4 Å². The minimum atomic E-state index is -0.260. The zero-order chi connectivity index (χ0) is 18.9. The first-order chi connectivity index (χ1) is 13.3. The first-order valence-corrected chi connectivity index (χ1v) is 8.62. The van der Waals surface area contributed by atoms with Gasteiger partial charge < -0.3 is 19.5 Å². The third kappa shape index (κ3) is 5.01. The van der Waals surface area contributed by atoms with Crippen molar-refractivity contribution in [2.24, 2.45) is 0 Å². The molecule has 0 aliphatic carbocycles. The van der Waals surface area contributed by atoms with E-state index in [1.165, 1.54) is 7.11 Å². The highest BCUT2D eigenvalue weighted by Gasteiger charge is 2.13. The monoisotopic (exact) mass is 363 g/mol. The molecule has 0 spiro atoms. The van der Waals surface area contributed by atoms with Crippen LogP contribution in [0.4, 0.5) is 5.69 Å². The Bertz CT molecular complexity index is 880. The summed E-state index contributed by atoms with van der Waals surface area (Å²) >= 11 is 0. The van der Waals surface area contributed by atoms with Crippen molar-refractivity contribution in [2.75, 3.05) is 25.6 Å². The molecule has 0 aliphatic rings. The number of benzene rings is 3. The number of amides is 1. The molecule has 0 aromatic heterocycles. The number of rotatable bonds is 8. The summed E-state index contributed by atoms with van der Waals surface area (Å²) in [6.07, 6.45) is 0. The Labute approximate surface area is 158 Å². The van der Waals surface area contributed by atoms with Crippen LogP contribution in [0.5, 0.6) is 17.2 Å². The molecule has 27 heavy (non-hydrogen) atoms. The lowest BCUT2D eigenvalue weighted by Crippen LogP contribution is -2.15. The lowest BCUT2D eigenvalue weighted by atomic mass is 10.2. The van der Waals surface area contributed by atoms with E-state index in [0.29, 0.717) is 36.0 Å². The van der Waals surface area contributed by atoms with Crippen LogP contribution >= 0.6 is 0 Å². The summed E-state index contributed by atoms with van der Waals surface area (Å²) in [7, 11) is 1.54. The van der Waals surface area contributed by atoms with E-state index >= 15 is 0 Å². The largest absolute Gasteiger partial charge is 0.496 e. The Hall–Kier alpha value is -3.47. The zero-order valence-corrected chi connectivity index (χ0v) is 15.1. The number of carbonyl (C=O) groups is 1. The van der Waals surface area contributed by atoms with E-state index in [1.807, 2.05) is 48.5 Å². The maximum absolute atomic E-state index is 12.6. The molecule has 0 heterocycles. The second-order valence-electron chi connectivity index (χ2n) is 5.66. The molecular weight excluding hydrogens is 342 g/mol. The molecule has 0 saturated carbocycles. The van der Waals surface area contributed by atoms with Crippen molar-refractivity contribution in [3.8, 4) is 17.2 Å². The standard InChI is InChI=1S/C22H21NO4/c1-25-20-13-7-5-11-18(20)22(24)23-19-12-6-8-14-21(19)27-16-15-26-17-9-3-2-4-10-17/h2-14H,15-16H2,1H3,(H,23,24). The average Bonchev–Trinajstić information content (AvgIpc) is 2.73. The number of hydrogen-bond donors (Lipinski definition) is 1. The lowest BCUT2D eigenvalue weighted by Gasteiger charge is -2.14. The van der Waals surface area contributed by atoms with E-state index < -0.39 is 0 Å². The van der Waals surface area contributed by atoms with Crippen LogP contribution in [-0.4, -0.2) is 26.2 Å². The molecule has 0 aliphatic heterocycles. The van der Waals surface area contributed by atoms with Crippen LogP contribution in [-0.2, 0) is 0 Å². The fourth-order valence-electron chi connectivity index (χ4n) is 2.55. The highest BCUT2D eigenvalue weighted by atomic mass is 16.5. The van der Waals surface area contributed by atoms with Gasteiger partial charge in [0.25, 0.3) is 5.91 Å². The minimum absolute atomic E-state index is 0.260. The van der Waals surface area contributed by atoms with E-state index in [1.54, 1.807) is 30.3 Å². The fraction of sp³-hybridized carbons (Fsp3) is 0.136. The molecule has 0 atom stereocenters. The van der Waals surface area contributed by atoms with Crippen molar-refractivity contribution in [3.63, 3.8) is 0 Å². The summed E-state index contributed by atoms with van der Waals surface area (Å²) in [6, 6.07) is 23.9. The van der Waals surface area contributed by atoms with Crippen molar-refractivity contribution in [3.05, 3.63) is 84.4 Å². The second kappa shape index (κ2) is 9.29. The smallest absolute Gasteiger partial charge is 0.259 e. The number of methoxy groups -OCH3 is 1. The summed E-state index contributed by atoms with van der Waals surface area (Å²) in [5, 5.41) is 2.88. The topological polar surface area (TPSA) is 56.8 Å². The molecule has 5 nitrogen and oxygen atoms in total. The SMILES string of the molecule is COc1ccccc1C(=O)Nc1ccccc1OCCOc1ccccc1. The molecule has 3 rings (SSSR count). The molecule has 3 aromatic carbocycles. The van der Waals surface area contributed by atoms with Crippen LogP contribution < -0.4 is 19.5 Å². The van der Waals surface area contributed by atoms with Crippen molar-refractivity contribution < 1.29 is 19.0 Å². The van der Waals surface area contributed by atoms with Crippen molar-refractivity contribution in [1.82, 2.24) is 0 Å². The maximum Gasteiger partial charge on any atom is 0.259 e. The van der Waals surface area contributed by atoms with Gasteiger partial charge in [0.15, 0.2) is 0 Å². The van der Waals surface area contributed by atoms with Gasteiger partial charge >= 0.3 is 0 Å². The molecule has 1 amide bonds. The van der Waals surface area contributed by atoms with Crippen LogP contribution in [0.1, 0.15) is 10.4 Å². The molecule has 1 N–H and O–H groups in total. The zero-order valence-electron chi connectivity index (χ0n) is 15.1. The number of hydrogen-bond acceptors (Lipinski definition) is 4. The average molecular weight is 363 g/mol. The Morgan fingerprint density at radius 3 is 2.19 bits per heavy atom. The number of carbonyl (C=O) groups excluding carboxylic acids is 1. The normalized spacial score (nSPS) is 10.1. The molecule has 5 heteroatoms. The molecule has 0 saturated heterocycles. The second-order valence-corrected chi connectivity index (χ2v) is 5.66. The van der Waals surface area contributed by atoms with Crippen molar-refractivity contribution in [1.29, 1.82) is 0 Å². The van der Waals surface area contributed by atoms with Crippen LogP contribution in [0.3, 0.4) is 0 Å². The third-order valence-electron chi connectivity index (χ3n) is 3.84. The van der Waals surface area contributed by atoms with E-state index in [0.717, 1.165) is 5.75 Å². The third-order valence-corrected chi connectivity index (χ3v) is 3.84. The number of anilines is 1. The fourth-order valence-corrected chi connectivity index (χ4v) is 2.55. The minimum Gasteiger partial charge on any atom is -0.496 e. The number of ether oxygens (including phenoxy) is 3. The quantitative estimate of drug-likeness (QED) is 0.603. The highest BCUT2D eigenvalue weighted by Crippen LogP contribution is 2.26. The molecular formula is C22H21NO4. The van der Waals surface area contributed by atoms with Crippen LogP contribution in [0, 0.1) is 0 Å². The Morgan fingerprint density at radius 1 is 0.778 bits per heavy atom. The van der Waals surface area contributed by atoms with Gasteiger partial charge in [0.1, 0.15) is 30.5 Å². The maximum atomic E-state index is 12.6. The van der Waals surface area contributed by atoms with Gasteiger partial charge in [-0.3, -0.25) is 4.79 Å². The van der Waals surface area contributed by atoms with Gasteiger partial charge in [-0.1, -0.05) is 42.5 Å². The Morgan fingerprint density at radius 2 is 1.41 bits per heavy atom. The van der Waals surface area contributed by atoms with E-state index in [4.69, 9.17) is 14.2 Å². The van der Waals surface area contributed by atoms with E-state index in [-0.39, 0.29) is 5.91 Å². The summed E-state index contributed by atoms with van der Waals surface area (Å²) < 4.78 is 16.6. The van der Waals surface area contributed by atoms with Crippen LogP contribution in [0.25, 0.3) is 0 Å². The first kappa shape index (κ1) is 18.3. The lowest BCUT2D eigenvalue weighted by molar-refractivity contribution is 0.102. The van der Waals surface area contributed by atoms with Crippen LogP contribution in [0.2, 0.25) is 0 Å². The van der Waals surface area contributed by atoms with Crippen molar-refractivity contribution >= 4 is 11.6 Å². The number of nitrogens with one attached hydrogen (secondary N) is 1. The first-order valence-electron chi connectivity index (χ1n) is 8.62. The molecule has 3 aromatic rings. The van der Waals surface area contributed by atoms with Crippen molar-refractivity contribution in [2.45, 2.75) is 0 Å². The highest BCUT2D eigenvalue weighted by molar-refractivity contribution is 6.06. The van der Waals surface area contributed by atoms with Gasteiger partial charge in [-0.05, 0) is 36.4 Å². The van der Waals surface area contributed by atoms with Crippen LogP contribution in [0.15, 0.2) is 78.9 Å². The van der Waals surface area contributed by atoms with E-state index in [9.17, 15) is 4.79 Å². The molecule has 0 bridgehead atoms. The molecule has 0 radical (unpaired) electrons. The van der Waals surface area contributed by atoms with Gasteiger partial charge in [-0.15, -0.1) is 0 Å². The molecule has 138 valence electrons. The summed E-state index contributed by atoms with van der Waals surface area (Å²) in [5.41, 5.74) is 1.05. The Balaban J connectivity index is 1.61. The Kier molecular flexibility index (Phi) is 6.30.